The monoisotopic (exact) mass is 151 g/mol. The van der Waals surface area contributed by atoms with E-state index < -0.39 is 0 Å². The van der Waals surface area contributed by atoms with Crippen LogP contribution < -0.4 is 11.3 Å². The van der Waals surface area contributed by atoms with Crippen molar-refractivity contribution in [1.29, 1.82) is 0 Å². The second kappa shape index (κ2) is 3.68. The lowest BCUT2D eigenvalue weighted by atomic mass is 10.3. The molecule has 1 aromatic heterocycles. The van der Waals surface area contributed by atoms with Crippen LogP contribution in [-0.4, -0.2) is 16.7 Å². The summed E-state index contributed by atoms with van der Waals surface area (Å²) in [6.45, 7) is 0.473. The predicted octanol–water partition coefficient (Wildman–Crippen LogP) is -0.258. The SMILES string of the molecule is NCC=Cc1ccc(=O)[nH]n1. The fraction of sp³-hybridized carbons (Fsp3) is 0.143. The first-order valence-electron chi connectivity index (χ1n) is 3.25. The van der Waals surface area contributed by atoms with E-state index in [0.29, 0.717) is 12.2 Å². The summed E-state index contributed by atoms with van der Waals surface area (Å²) in [5, 5.41) is 6.05. The number of hydrogen-bond donors (Lipinski definition) is 2. The highest BCUT2D eigenvalue weighted by atomic mass is 16.1. The van der Waals surface area contributed by atoms with E-state index in [2.05, 4.69) is 10.2 Å². The van der Waals surface area contributed by atoms with Crippen LogP contribution >= 0.6 is 0 Å². The first-order chi connectivity index (χ1) is 5.33. The van der Waals surface area contributed by atoms with Crippen molar-refractivity contribution >= 4 is 6.08 Å². The second-order valence-corrected chi connectivity index (χ2v) is 1.98. The van der Waals surface area contributed by atoms with Crippen molar-refractivity contribution in [2.75, 3.05) is 6.54 Å². The van der Waals surface area contributed by atoms with Crippen molar-refractivity contribution in [1.82, 2.24) is 10.2 Å². The van der Waals surface area contributed by atoms with Gasteiger partial charge in [0.25, 0.3) is 5.56 Å². The fourth-order valence-electron chi connectivity index (χ4n) is 0.637. The molecule has 4 nitrogen and oxygen atoms in total. The molecule has 1 aromatic rings. The average Bonchev–Trinajstić information content (AvgIpc) is 2.04. The Morgan fingerprint density at radius 2 is 2.45 bits per heavy atom. The first-order valence-corrected chi connectivity index (χ1v) is 3.25. The van der Waals surface area contributed by atoms with E-state index in [1.165, 1.54) is 6.07 Å². The molecule has 0 aliphatic heterocycles. The molecule has 0 radical (unpaired) electrons. The van der Waals surface area contributed by atoms with Crippen LogP contribution in [0.25, 0.3) is 6.08 Å². The summed E-state index contributed by atoms with van der Waals surface area (Å²) in [5.74, 6) is 0. The Morgan fingerprint density at radius 1 is 1.64 bits per heavy atom. The van der Waals surface area contributed by atoms with Gasteiger partial charge in [0.2, 0.25) is 0 Å². The Kier molecular flexibility index (Phi) is 2.57. The van der Waals surface area contributed by atoms with E-state index in [1.54, 1.807) is 18.2 Å². The Bertz CT molecular complexity index is 282. The molecule has 0 amide bonds. The molecule has 0 bridgehead atoms. The third-order valence-electron chi connectivity index (χ3n) is 1.13. The van der Waals surface area contributed by atoms with Gasteiger partial charge >= 0.3 is 0 Å². The Labute approximate surface area is 63.7 Å². The van der Waals surface area contributed by atoms with Crippen molar-refractivity contribution in [3.63, 3.8) is 0 Å². The lowest BCUT2D eigenvalue weighted by molar-refractivity contribution is 0.976. The molecule has 1 heterocycles. The van der Waals surface area contributed by atoms with Gasteiger partial charge in [-0.1, -0.05) is 6.08 Å². The molecule has 4 heteroatoms. The third-order valence-corrected chi connectivity index (χ3v) is 1.13. The van der Waals surface area contributed by atoms with Gasteiger partial charge in [-0.25, -0.2) is 5.10 Å². The van der Waals surface area contributed by atoms with Gasteiger partial charge in [-0.05, 0) is 12.1 Å². The van der Waals surface area contributed by atoms with Gasteiger partial charge in [0.15, 0.2) is 0 Å². The smallest absolute Gasteiger partial charge is 0.264 e. The minimum atomic E-state index is -0.199. The zero-order chi connectivity index (χ0) is 8.10. The molecule has 1 rings (SSSR count). The van der Waals surface area contributed by atoms with Crippen LogP contribution in [0.1, 0.15) is 5.69 Å². The number of rotatable bonds is 2. The zero-order valence-corrected chi connectivity index (χ0v) is 5.95. The molecule has 0 aliphatic carbocycles. The van der Waals surface area contributed by atoms with Gasteiger partial charge in [-0.2, -0.15) is 5.10 Å². The largest absolute Gasteiger partial charge is 0.327 e. The molecule has 0 aliphatic rings. The van der Waals surface area contributed by atoms with Crippen LogP contribution in [0.3, 0.4) is 0 Å². The number of nitrogens with one attached hydrogen (secondary N) is 1. The Balaban J connectivity index is 2.82. The van der Waals surface area contributed by atoms with Crippen LogP contribution in [0.15, 0.2) is 23.0 Å². The maximum absolute atomic E-state index is 10.5. The highest BCUT2D eigenvalue weighted by molar-refractivity contribution is 5.43. The molecular weight excluding hydrogens is 142 g/mol. The van der Waals surface area contributed by atoms with Crippen LogP contribution in [0, 0.1) is 0 Å². The van der Waals surface area contributed by atoms with E-state index in [-0.39, 0.29) is 5.56 Å². The van der Waals surface area contributed by atoms with Crippen LogP contribution in [0.4, 0.5) is 0 Å². The lowest BCUT2D eigenvalue weighted by Gasteiger charge is -1.87. The van der Waals surface area contributed by atoms with E-state index in [1.807, 2.05) is 0 Å². The Morgan fingerprint density at radius 3 is 3.00 bits per heavy atom. The molecular formula is C7H9N3O. The number of nitrogens with zero attached hydrogens (tertiary/aromatic N) is 1. The standard InChI is InChI=1S/C7H9N3O/c8-5-1-2-6-3-4-7(11)10-9-6/h1-4H,5,8H2,(H,10,11). The fourth-order valence-corrected chi connectivity index (χ4v) is 0.637. The van der Waals surface area contributed by atoms with Gasteiger partial charge in [0.05, 0.1) is 5.69 Å². The summed E-state index contributed by atoms with van der Waals surface area (Å²) in [6, 6.07) is 3.05. The number of H-pyrrole nitrogens is 1. The maximum Gasteiger partial charge on any atom is 0.264 e. The van der Waals surface area contributed by atoms with Gasteiger partial charge in [-0.15, -0.1) is 0 Å². The normalized spacial score (nSPS) is 10.6. The van der Waals surface area contributed by atoms with Crippen LogP contribution in [0.2, 0.25) is 0 Å². The van der Waals surface area contributed by atoms with Crippen molar-refractivity contribution < 1.29 is 0 Å². The van der Waals surface area contributed by atoms with Crippen LogP contribution in [-0.2, 0) is 0 Å². The van der Waals surface area contributed by atoms with E-state index in [0.717, 1.165) is 0 Å². The number of aromatic amines is 1. The topological polar surface area (TPSA) is 71.8 Å². The zero-order valence-electron chi connectivity index (χ0n) is 5.95. The molecule has 58 valence electrons. The molecule has 0 saturated carbocycles. The maximum atomic E-state index is 10.5. The van der Waals surface area contributed by atoms with Gasteiger partial charge < -0.3 is 5.73 Å². The van der Waals surface area contributed by atoms with Crippen LogP contribution in [0.5, 0.6) is 0 Å². The molecule has 0 aromatic carbocycles. The number of nitrogens with two attached hydrogens (primary N) is 1. The highest BCUT2D eigenvalue weighted by Gasteiger charge is 1.85. The lowest BCUT2D eigenvalue weighted by Crippen LogP contribution is -2.05. The van der Waals surface area contributed by atoms with Crippen molar-refractivity contribution in [2.45, 2.75) is 0 Å². The minimum absolute atomic E-state index is 0.199. The average molecular weight is 151 g/mol. The Hall–Kier alpha value is -1.42. The summed E-state index contributed by atoms with van der Waals surface area (Å²) in [5.41, 5.74) is 5.72. The highest BCUT2D eigenvalue weighted by Crippen LogP contribution is 1.90. The van der Waals surface area contributed by atoms with Gasteiger partial charge in [0.1, 0.15) is 0 Å². The molecule has 0 atom stereocenters. The third kappa shape index (κ3) is 2.35. The molecule has 11 heavy (non-hydrogen) atoms. The second-order valence-electron chi connectivity index (χ2n) is 1.98. The molecule has 0 spiro atoms. The predicted molar refractivity (Wildman–Crippen MR) is 42.9 cm³/mol. The first kappa shape index (κ1) is 7.68. The summed E-state index contributed by atoms with van der Waals surface area (Å²) >= 11 is 0. The van der Waals surface area contributed by atoms with Crippen molar-refractivity contribution in [3.8, 4) is 0 Å². The quantitative estimate of drug-likeness (QED) is 0.611. The molecule has 0 fully saturated rings. The van der Waals surface area contributed by atoms with Gasteiger partial charge in [0, 0.05) is 12.6 Å². The van der Waals surface area contributed by atoms with Crippen molar-refractivity contribution in [2.24, 2.45) is 5.73 Å². The van der Waals surface area contributed by atoms with Crippen molar-refractivity contribution in [3.05, 3.63) is 34.3 Å². The summed E-state index contributed by atoms with van der Waals surface area (Å²) in [7, 11) is 0. The summed E-state index contributed by atoms with van der Waals surface area (Å²) in [6.07, 6.45) is 3.51. The van der Waals surface area contributed by atoms with E-state index in [9.17, 15) is 4.79 Å². The summed E-state index contributed by atoms with van der Waals surface area (Å²) < 4.78 is 0. The molecule has 0 unspecified atom stereocenters. The number of aromatic nitrogens is 2. The molecule has 3 N–H and O–H groups in total. The van der Waals surface area contributed by atoms with E-state index >= 15 is 0 Å². The van der Waals surface area contributed by atoms with E-state index in [4.69, 9.17) is 5.73 Å². The number of hydrogen-bond acceptors (Lipinski definition) is 3. The van der Waals surface area contributed by atoms with Gasteiger partial charge in [-0.3, -0.25) is 4.79 Å². The summed E-state index contributed by atoms with van der Waals surface area (Å²) in [4.78, 5) is 10.5. The minimum Gasteiger partial charge on any atom is -0.327 e. The molecule has 0 saturated heterocycles.